The van der Waals surface area contributed by atoms with Crippen molar-refractivity contribution in [2.45, 2.75) is 6.92 Å². The maximum atomic E-state index is 14.9. The number of nitrogens with zero attached hydrogens (tertiary/aromatic N) is 4. The van der Waals surface area contributed by atoms with Crippen LogP contribution in [0, 0.1) is 12.7 Å². The summed E-state index contributed by atoms with van der Waals surface area (Å²) in [6.45, 7) is 1.97. The van der Waals surface area contributed by atoms with Crippen molar-refractivity contribution in [1.82, 2.24) is 24.9 Å². The minimum absolute atomic E-state index is 0.302. The van der Waals surface area contributed by atoms with E-state index < -0.39 is 5.82 Å². The first-order chi connectivity index (χ1) is 15.6. The highest BCUT2D eigenvalue weighted by Gasteiger charge is 2.11. The van der Waals surface area contributed by atoms with Crippen LogP contribution in [0.25, 0.3) is 22.4 Å². The highest BCUT2D eigenvalue weighted by atomic mass is 19.1. The molecule has 0 fully saturated rings. The topological polar surface area (TPSA) is 117 Å². The molecule has 0 saturated heterocycles. The van der Waals surface area contributed by atoms with Gasteiger partial charge in [-0.05, 0) is 48.9 Å². The van der Waals surface area contributed by atoms with E-state index in [2.05, 4.69) is 35.6 Å². The Hall–Kier alpha value is -4.53. The maximum absolute atomic E-state index is 14.9. The molecule has 32 heavy (non-hydrogen) atoms. The third kappa shape index (κ3) is 3.79. The van der Waals surface area contributed by atoms with Crippen molar-refractivity contribution in [3.05, 3.63) is 78.6 Å². The SMILES string of the molecule is Cc1c[nH]c2nccc(Nc3ccc(Nc4cc(N)nc(-c5ccncc5)n4)cc3F)c12. The normalized spacial score (nSPS) is 10.9. The minimum Gasteiger partial charge on any atom is -0.384 e. The number of hydrogen-bond donors (Lipinski definition) is 4. The lowest BCUT2D eigenvalue weighted by molar-refractivity contribution is 0.632. The minimum atomic E-state index is -0.412. The Labute approximate surface area is 182 Å². The van der Waals surface area contributed by atoms with E-state index in [1.165, 1.54) is 6.07 Å². The number of rotatable bonds is 5. The van der Waals surface area contributed by atoms with Crippen molar-refractivity contribution in [3.8, 4) is 11.4 Å². The van der Waals surface area contributed by atoms with Crippen LogP contribution in [-0.2, 0) is 0 Å². The fourth-order valence-electron chi connectivity index (χ4n) is 3.47. The van der Waals surface area contributed by atoms with Gasteiger partial charge in [-0.1, -0.05) is 0 Å². The molecule has 0 atom stereocenters. The fourth-order valence-corrected chi connectivity index (χ4v) is 3.47. The molecule has 0 unspecified atom stereocenters. The molecule has 0 spiro atoms. The van der Waals surface area contributed by atoms with Crippen LogP contribution in [0.4, 0.5) is 33.1 Å². The zero-order chi connectivity index (χ0) is 22.1. The van der Waals surface area contributed by atoms with E-state index in [1.54, 1.807) is 48.9 Å². The molecule has 0 amide bonds. The molecule has 4 aromatic heterocycles. The molecule has 5 aromatic rings. The van der Waals surface area contributed by atoms with Gasteiger partial charge in [-0.2, -0.15) is 0 Å². The average molecular weight is 426 g/mol. The van der Waals surface area contributed by atoms with Gasteiger partial charge in [0.15, 0.2) is 5.82 Å². The lowest BCUT2D eigenvalue weighted by Crippen LogP contribution is -2.02. The number of pyridine rings is 2. The van der Waals surface area contributed by atoms with Crippen LogP contribution in [0.2, 0.25) is 0 Å². The smallest absolute Gasteiger partial charge is 0.163 e. The van der Waals surface area contributed by atoms with E-state index in [1.807, 2.05) is 19.2 Å². The number of halogens is 1. The first kappa shape index (κ1) is 19.4. The lowest BCUT2D eigenvalue weighted by atomic mass is 10.2. The monoisotopic (exact) mass is 426 g/mol. The highest BCUT2D eigenvalue weighted by molar-refractivity contribution is 5.94. The van der Waals surface area contributed by atoms with Crippen molar-refractivity contribution in [2.75, 3.05) is 16.4 Å². The number of anilines is 5. The van der Waals surface area contributed by atoms with Gasteiger partial charge in [0.05, 0.1) is 11.4 Å². The number of hydrogen-bond acceptors (Lipinski definition) is 7. The molecule has 5 N–H and O–H groups in total. The zero-order valence-corrected chi connectivity index (χ0v) is 17.1. The van der Waals surface area contributed by atoms with Crippen LogP contribution >= 0.6 is 0 Å². The molecule has 0 bridgehead atoms. The van der Waals surface area contributed by atoms with Crippen LogP contribution < -0.4 is 16.4 Å². The molecule has 5 rings (SSSR count). The molecule has 0 aliphatic rings. The third-order valence-corrected chi connectivity index (χ3v) is 4.97. The Morgan fingerprint density at radius 1 is 0.938 bits per heavy atom. The van der Waals surface area contributed by atoms with Crippen LogP contribution in [0.15, 0.2) is 67.3 Å². The summed E-state index contributed by atoms with van der Waals surface area (Å²) >= 11 is 0. The molecule has 9 heteroatoms. The molecule has 4 heterocycles. The van der Waals surface area contributed by atoms with E-state index in [-0.39, 0.29) is 0 Å². The number of nitrogens with one attached hydrogen (secondary N) is 3. The fraction of sp³-hybridized carbons (Fsp3) is 0.0435. The van der Waals surface area contributed by atoms with Crippen molar-refractivity contribution in [3.63, 3.8) is 0 Å². The Kier molecular flexibility index (Phi) is 4.83. The van der Waals surface area contributed by atoms with Gasteiger partial charge in [0.2, 0.25) is 0 Å². The Morgan fingerprint density at radius 2 is 1.78 bits per heavy atom. The summed E-state index contributed by atoms with van der Waals surface area (Å²) in [6, 6.07) is 11.8. The van der Waals surface area contributed by atoms with Crippen LogP contribution in [0.1, 0.15) is 5.56 Å². The second kappa shape index (κ2) is 7.95. The predicted octanol–water partition coefficient (Wildman–Crippen LogP) is 4.93. The summed E-state index contributed by atoms with van der Waals surface area (Å²) in [5, 5.41) is 7.18. The summed E-state index contributed by atoms with van der Waals surface area (Å²) in [5.74, 6) is 0.807. The summed E-state index contributed by atoms with van der Waals surface area (Å²) in [6.07, 6.45) is 6.86. The Morgan fingerprint density at radius 3 is 2.59 bits per heavy atom. The standard InChI is InChI=1S/C23H19FN8/c1-13-12-28-23-21(13)18(6-9-27-23)30-17-3-2-15(10-16(17)24)29-20-11-19(25)31-22(32-20)14-4-7-26-8-5-14/h2-12H,1H3,(H2,27,28,30)(H3,25,29,31,32). The highest BCUT2D eigenvalue weighted by Crippen LogP contribution is 2.30. The number of nitrogens with two attached hydrogens (primary N) is 1. The predicted molar refractivity (Wildman–Crippen MR) is 123 cm³/mol. The lowest BCUT2D eigenvalue weighted by Gasteiger charge is -2.12. The molecule has 8 nitrogen and oxygen atoms in total. The molecule has 0 radical (unpaired) electrons. The molecule has 1 aromatic carbocycles. The van der Waals surface area contributed by atoms with Crippen LogP contribution in [0.3, 0.4) is 0 Å². The zero-order valence-electron chi connectivity index (χ0n) is 17.1. The van der Waals surface area contributed by atoms with Gasteiger partial charge in [0, 0.05) is 47.5 Å². The largest absolute Gasteiger partial charge is 0.384 e. The summed E-state index contributed by atoms with van der Waals surface area (Å²) in [5.41, 5.74) is 10.2. The van der Waals surface area contributed by atoms with E-state index in [4.69, 9.17) is 5.73 Å². The molecule has 158 valence electrons. The molecule has 0 aliphatic heterocycles. The van der Waals surface area contributed by atoms with Crippen molar-refractivity contribution >= 4 is 39.7 Å². The van der Waals surface area contributed by atoms with Gasteiger partial charge in [0.1, 0.15) is 23.1 Å². The van der Waals surface area contributed by atoms with Crippen LogP contribution in [-0.4, -0.2) is 24.9 Å². The van der Waals surface area contributed by atoms with Crippen molar-refractivity contribution < 1.29 is 4.39 Å². The first-order valence-corrected chi connectivity index (χ1v) is 9.88. The number of aromatic amines is 1. The molecule has 0 aliphatic carbocycles. The third-order valence-electron chi connectivity index (χ3n) is 4.97. The van der Waals surface area contributed by atoms with Gasteiger partial charge >= 0.3 is 0 Å². The van der Waals surface area contributed by atoms with Gasteiger partial charge in [-0.15, -0.1) is 0 Å². The van der Waals surface area contributed by atoms with Gasteiger partial charge in [0.25, 0.3) is 0 Å². The van der Waals surface area contributed by atoms with Gasteiger partial charge in [-0.3, -0.25) is 4.98 Å². The number of aromatic nitrogens is 5. The van der Waals surface area contributed by atoms with Gasteiger partial charge in [-0.25, -0.2) is 19.3 Å². The number of H-pyrrole nitrogens is 1. The number of nitrogen functional groups attached to an aromatic ring is 1. The van der Waals surface area contributed by atoms with Crippen LogP contribution in [0.5, 0.6) is 0 Å². The summed E-state index contributed by atoms with van der Waals surface area (Å²) in [7, 11) is 0. The quantitative estimate of drug-likeness (QED) is 0.315. The van der Waals surface area contributed by atoms with E-state index >= 15 is 0 Å². The first-order valence-electron chi connectivity index (χ1n) is 9.88. The second-order valence-corrected chi connectivity index (χ2v) is 7.24. The number of aryl methyl sites for hydroxylation is 1. The van der Waals surface area contributed by atoms with E-state index in [0.717, 1.165) is 27.8 Å². The average Bonchev–Trinajstić information content (AvgIpc) is 3.18. The molecular formula is C23H19FN8. The Bertz CT molecular complexity index is 1410. The van der Waals surface area contributed by atoms with Crippen molar-refractivity contribution in [2.24, 2.45) is 0 Å². The van der Waals surface area contributed by atoms with E-state index in [0.29, 0.717) is 28.8 Å². The number of fused-ring (bicyclic) bond motifs is 1. The summed E-state index contributed by atoms with van der Waals surface area (Å²) < 4.78 is 14.9. The van der Waals surface area contributed by atoms with E-state index in [9.17, 15) is 4.39 Å². The maximum Gasteiger partial charge on any atom is 0.163 e. The number of benzene rings is 1. The molecule has 0 saturated carbocycles. The van der Waals surface area contributed by atoms with Crippen molar-refractivity contribution in [1.29, 1.82) is 0 Å². The molecular weight excluding hydrogens is 407 g/mol. The Balaban J connectivity index is 1.40. The van der Waals surface area contributed by atoms with Gasteiger partial charge < -0.3 is 21.4 Å². The summed E-state index contributed by atoms with van der Waals surface area (Å²) in [4.78, 5) is 20.1. The second-order valence-electron chi connectivity index (χ2n) is 7.24.